The number of benzene rings is 1. The lowest BCUT2D eigenvalue weighted by molar-refractivity contribution is -0.139. The molecule has 1 aromatic carbocycles. The van der Waals surface area contributed by atoms with Gasteiger partial charge in [0.15, 0.2) is 6.61 Å². The van der Waals surface area contributed by atoms with Gasteiger partial charge in [-0.2, -0.15) is 0 Å². The third-order valence-corrected chi connectivity index (χ3v) is 6.64. The summed E-state index contributed by atoms with van der Waals surface area (Å²) in [5.41, 5.74) is 1.36. The van der Waals surface area contributed by atoms with E-state index in [4.69, 9.17) is 9.84 Å². The largest absolute Gasteiger partial charge is 0.481 e. The van der Waals surface area contributed by atoms with E-state index in [0.717, 1.165) is 19.3 Å². The lowest BCUT2D eigenvalue weighted by Gasteiger charge is -2.26. The standard InChI is InChI=1S/C16H21NO5S/c1-10-4-5-12(11(2)15(10)22-9-14(18)19)23(20,21)17-13-8-16(13)6-3-7-16/h4-5,13,17H,3,6-9H2,1-2H3,(H,18,19). The molecule has 1 spiro atoms. The molecule has 126 valence electrons. The predicted molar refractivity (Wildman–Crippen MR) is 84.1 cm³/mol. The van der Waals surface area contributed by atoms with Gasteiger partial charge in [0.1, 0.15) is 5.75 Å². The molecule has 1 unspecified atom stereocenters. The molecule has 0 aromatic heterocycles. The molecule has 0 heterocycles. The van der Waals surface area contributed by atoms with Crippen molar-refractivity contribution in [2.45, 2.75) is 50.5 Å². The molecular weight excluding hydrogens is 318 g/mol. The van der Waals surface area contributed by atoms with Crippen LogP contribution in [0.4, 0.5) is 0 Å². The van der Waals surface area contributed by atoms with Crippen molar-refractivity contribution in [1.29, 1.82) is 0 Å². The fraction of sp³-hybridized carbons (Fsp3) is 0.562. The van der Waals surface area contributed by atoms with Crippen LogP contribution in [0, 0.1) is 19.3 Å². The van der Waals surface area contributed by atoms with Crippen LogP contribution in [0.25, 0.3) is 0 Å². The number of hydrogen-bond donors (Lipinski definition) is 2. The Morgan fingerprint density at radius 2 is 2.09 bits per heavy atom. The summed E-state index contributed by atoms with van der Waals surface area (Å²) >= 11 is 0. The van der Waals surface area contributed by atoms with Crippen LogP contribution in [0.1, 0.15) is 36.8 Å². The maximum atomic E-state index is 12.6. The van der Waals surface area contributed by atoms with Gasteiger partial charge in [0.05, 0.1) is 4.90 Å². The normalized spacial score (nSPS) is 21.7. The van der Waals surface area contributed by atoms with Crippen molar-refractivity contribution in [3.63, 3.8) is 0 Å². The number of aryl methyl sites for hydroxylation is 1. The van der Waals surface area contributed by atoms with E-state index in [-0.39, 0.29) is 16.4 Å². The van der Waals surface area contributed by atoms with Crippen LogP contribution in [-0.2, 0) is 14.8 Å². The third kappa shape index (κ3) is 2.95. The molecule has 23 heavy (non-hydrogen) atoms. The number of nitrogens with one attached hydrogen (secondary N) is 1. The second-order valence-corrected chi connectivity index (χ2v) is 8.29. The quantitative estimate of drug-likeness (QED) is 0.827. The summed E-state index contributed by atoms with van der Waals surface area (Å²) < 4.78 is 33.4. The van der Waals surface area contributed by atoms with Gasteiger partial charge in [-0.25, -0.2) is 17.9 Å². The number of sulfonamides is 1. The first kappa shape index (κ1) is 16.3. The van der Waals surface area contributed by atoms with Crippen molar-refractivity contribution in [1.82, 2.24) is 4.72 Å². The van der Waals surface area contributed by atoms with Gasteiger partial charge in [-0.1, -0.05) is 12.5 Å². The van der Waals surface area contributed by atoms with E-state index in [9.17, 15) is 13.2 Å². The molecule has 0 saturated heterocycles. The molecule has 3 rings (SSSR count). The first-order valence-electron chi connectivity index (χ1n) is 7.72. The molecule has 2 aliphatic rings. The highest BCUT2D eigenvalue weighted by molar-refractivity contribution is 7.89. The van der Waals surface area contributed by atoms with Crippen molar-refractivity contribution in [2.24, 2.45) is 5.41 Å². The molecule has 2 saturated carbocycles. The maximum absolute atomic E-state index is 12.6. The number of ether oxygens (including phenoxy) is 1. The lowest BCUT2D eigenvalue weighted by Crippen LogP contribution is -2.32. The van der Waals surface area contributed by atoms with Gasteiger partial charge >= 0.3 is 5.97 Å². The molecule has 0 bridgehead atoms. The van der Waals surface area contributed by atoms with Gasteiger partial charge in [0, 0.05) is 11.6 Å². The van der Waals surface area contributed by atoms with Gasteiger partial charge in [0.2, 0.25) is 10.0 Å². The van der Waals surface area contributed by atoms with Crippen LogP contribution in [-0.4, -0.2) is 32.1 Å². The van der Waals surface area contributed by atoms with Gasteiger partial charge in [-0.3, -0.25) is 0 Å². The van der Waals surface area contributed by atoms with E-state index in [0.29, 0.717) is 16.9 Å². The van der Waals surface area contributed by atoms with Crippen molar-refractivity contribution >= 4 is 16.0 Å². The summed E-state index contributed by atoms with van der Waals surface area (Å²) in [7, 11) is -3.63. The monoisotopic (exact) mass is 339 g/mol. The van der Waals surface area contributed by atoms with E-state index in [1.54, 1.807) is 26.0 Å². The van der Waals surface area contributed by atoms with E-state index >= 15 is 0 Å². The van der Waals surface area contributed by atoms with Crippen LogP contribution < -0.4 is 9.46 Å². The smallest absolute Gasteiger partial charge is 0.341 e. The fourth-order valence-electron chi connectivity index (χ4n) is 3.40. The Balaban J connectivity index is 1.83. The van der Waals surface area contributed by atoms with Crippen molar-refractivity contribution in [3.05, 3.63) is 23.3 Å². The van der Waals surface area contributed by atoms with Crippen molar-refractivity contribution < 1.29 is 23.1 Å². The number of rotatable bonds is 6. The third-order valence-electron chi connectivity index (χ3n) is 5.02. The zero-order valence-corrected chi connectivity index (χ0v) is 14.1. The predicted octanol–water partition coefficient (Wildman–Crippen LogP) is 1.99. The number of hydrogen-bond acceptors (Lipinski definition) is 4. The zero-order valence-electron chi connectivity index (χ0n) is 13.3. The summed E-state index contributed by atoms with van der Waals surface area (Å²) in [4.78, 5) is 10.8. The lowest BCUT2D eigenvalue weighted by atomic mass is 9.81. The van der Waals surface area contributed by atoms with Crippen molar-refractivity contribution in [3.8, 4) is 5.75 Å². The molecule has 7 heteroatoms. The molecule has 2 fully saturated rings. The Bertz CT molecular complexity index is 752. The van der Waals surface area contributed by atoms with Crippen LogP contribution >= 0.6 is 0 Å². The average Bonchev–Trinajstić information content (AvgIpc) is 3.11. The Kier molecular flexibility index (Phi) is 3.88. The SMILES string of the molecule is Cc1ccc(S(=O)(=O)NC2CC23CCC3)c(C)c1OCC(=O)O. The summed E-state index contributed by atoms with van der Waals surface area (Å²) in [6.07, 6.45) is 4.29. The topological polar surface area (TPSA) is 92.7 Å². The second-order valence-electron chi connectivity index (χ2n) is 6.61. The summed E-state index contributed by atoms with van der Waals surface area (Å²) in [5, 5.41) is 8.75. The molecule has 1 atom stereocenters. The molecule has 0 amide bonds. The molecule has 2 aliphatic carbocycles. The minimum Gasteiger partial charge on any atom is -0.481 e. The van der Waals surface area contributed by atoms with Gasteiger partial charge in [-0.15, -0.1) is 0 Å². The first-order chi connectivity index (χ1) is 10.8. The Labute approximate surface area is 135 Å². The average molecular weight is 339 g/mol. The minimum atomic E-state index is -3.63. The summed E-state index contributed by atoms with van der Waals surface area (Å²) in [5.74, 6) is -0.774. The van der Waals surface area contributed by atoms with E-state index in [2.05, 4.69) is 4.72 Å². The maximum Gasteiger partial charge on any atom is 0.341 e. The number of aliphatic carboxylic acids is 1. The Morgan fingerprint density at radius 1 is 1.39 bits per heavy atom. The van der Waals surface area contributed by atoms with Crippen LogP contribution in [0.5, 0.6) is 5.75 Å². The number of carbonyl (C=O) groups is 1. The van der Waals surface area contributed by atoms with E-state index in [1.807, 2.05) is 0 Å². The van der Waals surface area contributed by atoms with Gasteiger partial charge < -0.3 is 9.84 Å². The summed E-state index contributed by atoms with van der Waals surface area (Å²) in [6, 6.07) is 3.23. The van der Waals surface area contributed by atoms with Gasteiger partial charge in [0.25, 0.3) is 0 Å². The minimum absolute atomic E-state index is 0.0327. The van der Waals surface area contributed by atoms with Gasteiger partial charge in [-0.05, 0) is 50.2 Å². The van der Waals surface area contributed by atoms with E-state index < -0.39 is 22.6 Å². The molecule has 1 aromatic rings. The molecule has 0 radical (unpaired) electrons. The van der Waals surface area contributed by atoms with Crippen LogP contribution in [0.2, 0.25) is 0 Å². The Morgan fingerprint density at radius 3 is 2.61 bits per heavy atom. The zero-order chi connectivity index (χ0) is 16.8. The Hall–Kier alpha value is -1.60. The summed E-state index contributed by atoms with van der Waals surface area (Å²) in [6.45, 7) is 2.91. The molecule has 0 aliphatic heterocycles. The first-order valence-corrected chi connectivity index (χ1v) is 9.21. The molecular formula is C16H21NO5S. The highest BCUT2D eigenvalue weighted by atomic mass is 32.2. The van der Waals surface area contributed by atoms with Crippen molar-refractivity contribution in [2.75, 3.05) is 6.61 Å². The second kappa shape index (κ2) is 5.49. The highest BCUT2D eigenvalue weighted by Crippen LogP contribution is 2.61. The van der Waals surface area contributed by atoms with Crippen LogP contribution in [0.15, 0.2) is 17.0 Å². The molecule has 6 nitrogen and oxygen atoms in total. The number of carboxylic acids is 1. The number of carboxylic acid groups (broad SMARTS) is 1. The van der Waals surface area contributed by atoms with E-state index in [1.165, 1.54) is 6.42 Å². The fourth-order valence-corrected chi connectivity index (χ4v) is 4.98. The molecule has 2 N–H and O–H groups in total. The highest BCUT2D eigenvalue weighted by Gasteiger charge is 2.58. The van der Waals surface area contributed by atoms with Crippen LogP contribution in [0.3, 0.4) is 0 Å².